The lowest BCUT2D eigenvalue weighted by Gasteiger charge is -2.36. The summed E-state index contributed by atoms with van der Waals surface area (Å²) in [4.78, 5) is 0. The zero-order valence-electron chi connectivity index (χ0n) is 11.4. The summed E-state index contributed by atoms with van der Waals surface area (Å²) in [6.45, 7) is 0.877. The predicted octanol–water partition coefficient (Wildman–Crippen LogP) is 4.91. The van der Waals surface area contributed by atoms with Gasteiger partial charge >= 0.3 is 18.0 Å². The van der Waals surface area contributed by atoms with Gasteiger partial charge in [0.1, 0.15) is 5.82 Å². The van der Waals surface area contributed by atoms with Gasteiger partial charge < -0.3 is 4.74 Å². The molecule has 22 heavy (non-hydrogen) atoms. The maximum absolute atomic E-state index is 13.5. The van der Waals surface area contributed by atoms with Gasteiger partial charge in [0.05, 0.1) is 12.0 Å². The highest BCUT2D eigenvalue weighted by Crippen LogP contribution is 2.51. The fraction of sp³-hybridized carbons (Fsp3) is 0.538. The summed E-state index contributed by atoms with van der Waals surface area (Å²) in [5.74, 6) is -12.6. The highest BCUT2D eigenvalue weighted by molar-refractivity contribution is 5.24. The van der Waals surface area contributed by atoms with Crippen LogP contribution < -0.4 is 0 Å². The minimum atomic E-state index is -6.42. The molecule has 1 atom stereocenters. The first-order valence-corrected chi connectivity index (χ1v) is 5.90. The number of halogens is 8. The average molecular weight is 336 g/mol. The van der Waals surface area contributed by atoms with Crippen LogP contribution in [0.4, 0.5) is 35.1 Å². The van der Waals surface area contributed by atoms with Crippen molar-refractivity contribution in [3.63, 3.8) is 0 Å². The van der Waals surface area contributed by atoms with Crippen LogP contribution in [0.2, 0.25) is 0 Å². The van der Waals surface area contributed by atoms with Gasteiger partial charge in [-0.2, -0.15) is 30.7 Å². The first kappa shape index (κ1) is 18.7. The van der Waals surface area contributed by atoms with Gasteiger partial charge in [-0.3, -0.25) is 0 Å². The van der Waals surface area contributed by atoms with Crippen LogP contribution in [0.5, 0.6) is 0 Å². The van der Waals surface area contributed by atoms with E-state index in [1.54, 1.807) is 0 Å². The Hall–Kier alpha value is -1.38. The summed E-state index contributed by atoms with van der Waals surface area (Å²) in [5.41, 5.74) is -2.52. The van der Waals surface area contributed by atoms with E-state index in [-0.39, 0.29) is 5.56 Å². The van der Waals surface area contributed by atoms with Gasteiger partial charge in [-0.05, 0) is 24.6 Å². The number of rotatable bonds is 5. The van der Waals surface area contributed by atoms with E-state index in [9.17, 15) is 35.1 Å². The molecule has 0 bridgehead atoms. The number of hydrogen-bond acceptors (Lipinski definition) is 1. The van der Waals surface area contributed by atoms with Crippen LogP contribution >= 0.6 is 0 Å². The van der Waals surface area contributed by atoms with E-state index in [0.717, 1.165) is 38.3 Å². The van der Waals surface area contributed by atoms with Crippen LogP contribution in [0.15, 0.2) is 24.3 Å². The number of alkyl halides is 7. The summed E-state index contributed by atoms with van der Waals surface area (Å²) in [6.07, 6.45) is -8.40. The highest BCUT2D eigenvalue weighted by Gasteiger charge is 2.73. The van der Waals surface area contributed by atoms with Crippen molar-refractivity contribution in [2.75, 3.05) is 7.11 Å². The molecule has 126 valence electrons. The van der Waals surface area contributed by atoms with Gasteiger partial charge in [-0.25, -0.2) is 4.39 Å². The fourth-order valence-corrected chi connectivity index (χ4v) is 1.85. The molecule has 0 N–H and O–H groups in total. The third-order valence-electron chi connectivity index (χ3n) is 3.26. The Morgan fingerprint density at radius 3 is 1.95 bits per heavy atom. The minimum absolute atomic E-state index is 0.285. The number of hydrogen-bond donors (Lipinski definition) is 0. The normalized spacial score (nSPS) is 16.5. The molecule has 9 heteroatoms. The second kappa shape index (κ2) is 5.68. The van der Waals surface area contributed by atoms with Crippen molar-refractivity contribution in [2.24, 2.45) is 0 Å². The highest BCUT2D eigenvalue weighted by atomic mass is 19.4. The molecule has 0 radical (unpaired) electrons. The Morgan fingerprint density at radius 2 is 1.55 bits per heavy atom. The van der Waals surface area contributed by atoms with Crippen LogP contribution in [-0.4, -0.2) is 25.1 Å². The predicted molar refractivity (Wildman–Crippen MR) is 61.3 cm³/mol. The fourth-order valence-electron chi connectivity index (χ4n) is 1.85. The van der Waals surface area contributed by atoms with E-state index in [4.69, 9.17) is 0 Å². The van der Waals surface area contributed by atoms with Crippen LogP contribution in [0.25, 0.3) is 0 Å². The second-order valence-electron chi connectivity index (χ2n) is 4.90. The summed E-state index contributed by atoms with van der Waals surface area (Å²) >= 11 is 0. The van der Waals surface area contributed by atoms with E-state index < -0.39 is 35.9 Å². The van der Waals surface area contributed by atoms with Gasteiger partial charge in [-0.1, -0.05) is 12.1 Å². The van der Waals surface area contributed by atoms with E-state index in [2.05, 4.69) is 4.74 Å². The lowest BCUT2D eigenvalue weighted by molar-refractivity contribution is -0.362. The molecule has 1 aromatic carbocycles. The van der Waals surface area contributed by atoms with Gasteiger partial charge in [-0.15, -0.1) is 0 Å². The Balaban J connectivity index is 3.22. The van der Waals surface area contributed by atoms with Gasteiger partial charge in [0.25, 0.3) is 0 Å². The lowest BCUT2D eigenvalue weighted by Crippen LogP contribution is -2.54. The maximum Gasteiger partial charge on any atom is 0.459 e. The van der Waals surface area contributed by atoms with Crippen molar-refractivity contribution >= 4 is 0 Å². The third kappa shape index (κ3) is 3.34. The number of methoxy groups -OCH3 is 1. The molecule has 0 amide bonds. The molecule has 1 nitrogen and oxygen atoms in total. The van der Waals surface area contributed by atoms with E-state index in [1.165, 1.54) is 0 Å². The second-order valence-corrected chi connectivity index (χ2v) is 4.90. The van der Waals surface area contributed by atoms with Crippen molar-refractivity contribution < 1.29 is 39.9 Å². The summed E-state index contributed by atoms with van der Waals surface area (Å²) in [5, 5.41) is 0. The molecule has 1 rings (SSSR count). The van der Waals surface area contributed by atoms with Crippen molar-refractivity contribution in [1.82, 2.24) is 0 Å². The van der Waals surface area contributed by atoms with Gasteiger partial charge in [0.15, 0.2) is 0 Å². The molecule has 0 heterocycles. The zero-order chi connectivity index (χ0) is 17.4. The summed E-state index contributed by atoms with van der Waals surface area (Å²) in [7, 11) is 0.854. The molecule has 0 saturated heterocycles. The van der Waals surface area contributed by atoms with Crippen LogP contribution in [0.1, 0.15) is 18.9 Å². The molecular weight excluding hydrogens is 324 g/mol. The average Bonchev–Trinajstić information content (AvgIpc) is 2.36. The first-order chi connectivity index (χ1) is 9.77. The van der Waals surface area contributed by atoms with Crippen molar-refractivity contribution in [3.8, 4) is 0 Å². The van der Waals surface area contributed by atoms with Crippen molar-refractivity contribution in [3.05, 3.63) is 35.6 Å². The largest absolute Gasteiger partial charge is 0.459 e. The summed E-state index contributed by atoms with van der Waals surface area (Å²) in [6, 6.07) is 3.88. The molecule has 1 unspecified atom stereocenters. The molecule has 0 aliphatic rings. The molecule has 0 saturated carbocycles. The van der Waals surface area contributed by atoms with Gasteiger partial charge in [0.2, 0.25) is 0 Å². The Kier molecular flexibility index (Phi) is 4.82. The van der Waals surface area contributed by atoms with Crippen LogP contribution in [0.3, 0.4) is 0 Å². The maximum atomic E-state index is 13.5. The van der Waals surface area contributed by atoms with Crippen LogP contribution in [0, 0.1) is 5.82 Å². The molecule has 0 aliphatic carbocycles. The molecule has 0 fully saturated rings. The molecule has 0 aliphatic heterocycles. The monoisotopic (exact) mass is 336 g/mol. The third-order valence-corrected chi connectivity index (χ3v) is 3.26. The lowest BCUT2D eigenvalue weighted by atomic mass is 9.87. The number of benzene rings is 1. The topological polar surface area (TPSA) is 9.23 Å². The standard InChI is InChI=1S/C13H12F8O/c1-10(22-2,8-4-3-5-9(14)6-8)7-11(15,16)12(17,18)13(19,20)21/h3-6H,7H2,1-2H3. The Morgan fingerprint density at radius 1 is 1.00 bits per heavy atom. The summed E-state index contributed by atoms with van der Waals surface area (Å²) < 4.78 is 107. The van der Waals surface area contributed by atoms with Crippen LogP contribution in [-0.2, 0) is 10.3 Å². The van der Waals surface area contributed by atoms with E-state index >= 15 is 0 Å². The first-order valence-electron chi connectivity index (χ1n) is 5.90. The zero-order valence-corrected chi connectivity index (χ0v) is 11.4. The minimum Gasteiger partial charge on any atom is -0.374 e. The molecule has 0 spiro atoms. The number of ether oxygens (including phenoxy) is 1. The Labute approximate surface area is 120 Å². The molecule has 0 aromatic heterocycles. The van der Waals surface area contributed by atoms with Gasteiger partial charge in [0, 0.05) is 7.11 Å². The Bertz CT molecular complexity index is 525. The molecular formula is C13H12F8O. The quantitative estimate of drug-likeness (QED) is 0.694. The van der Waals surface area contributed by atoms with Crippen molar-refractivity contribution in [2.45, 2.75) is 37.0 Å². The smallest absolute Gasteiger partial charge is 0.374 e. The molecule has 1 aromatic rings. The SMILES string of the molecule is COC(C)(CC(F)(F)C(F)(F)C(F)(F)F)c1cccc(F)c1. The van der Waals surface area contributed by atoms with Crippen molar-refractivity contribution in [1.29, 1.82) is 0 Å². The van der Waals surface area contributed by atoms with E-state index in [1.807, 2.05) is 0 Å². The van der Waals surface area contributed by atoms with E-state index in [0.29, 0.717) is 0 Å².